The van der Waals surface area contributed by atoms with Crippen LogP contribution in [0.1, 0.15) is 81.6 Å². The molecule has 0 atom stereocenters. The van der Waals surface area contributed by atoms with Crippen LogP contribution in [0.15, 0.2) is 126 Å². The quantitative estimate of drug-likeness (QED) is 0.134. The Morgan fingerprint density at radius 1 is 0.591 bits per heavy atom. The Morgan fingerprint density at radius 2 is 1.03 bits per heavy atom. The second-order valence-electron chi connectivity index (χ2n) is 17.1. The summed E-state index contributed by atoms with van der Waals surface area (Å²) in [5, 5.41) is 3.93. The van der Waals surface area contributed by atoms with Gasteiger partial charge in [-0.25, -0.2) is 0 Å². The number of carbonyl (C=O) groups excluding carboxylic acids is 2. The normalized spacial score (nSPS) is 15.4. The number of likely N-dealkylation sites (tertiary alicyclic amines) is 2. The zero-order chi connectivity index (χ0) is 45.6. The maximum atomic E-state index is 12.9. The van der Waals surface area contributed by atoms with Gasteiger partial charge in [-0.15, -0.1) is 0 Å². The van der Waals surface area contributed by atoms with Crippen molar-refractivity contribution in [3.63, 3.8) is 0 Å². The largest absolute Gasteiger partial charge is 0.397 e. The molecule has 0 bridgehead atoms. The van der Waals surface area contributed by atoms with Gasteiger partial charge in [0.05, 0.1) is 53.2 Å². The van der Waals surface area contributed by atoms with Gasteiger partial charge in [0, 0.05) is 72.2 Å². The number of piperidine rings is 2. The molecule has 2 aromatic carbocycles. The van der Waals surface area contributed by atoms with E-state index in [9.17, 15) is 9.59 Å². The van der Waals surface area contributed by atoms with Crippen LogP contribution in [0.2, 0.25) is 10.0 Å². The second kappa shape index (κ2) is 20.4. The van der Waals surface area contributed by atoms with Gasteiger partial charge in [-0.2, -0.15) is 4.99 Å². The molecule has 6 heterocycles. The summed E-state index contributed by atoms with van der Waals surface area (Å²) in [6, 6.07) is 24.0. The number of rotatable bonds is 5. The van der Waals surface area contributed by atoms with Crippen LogP contribution in [0.3, 0.4) is 0 Å². The number of benzene rings is 2. The maximum Gasteiger partial charge on any atom is 0.227 e. The van der Waals surface area contributed by atoms with Gasteiger partial charge in [-0.1, -0.05) is 46.5 Å². The lowest BCUT2D eigenvalue weighted by atomic mass is 9.88. The van der Waals surface area contributed by atoms with Crippen molar-refractivity contribution in [3.05, 3.63) is 187 Å². The molecule has 2 fully saturated rings. The topological polar surface area (TPSA) is 131 Å². The van der Waals surface area contributed by atoms with Crippen LogP contribution < -0.4 is 5.73 Å². The zero-order valence-corrected chi connectivity index (χ0v) is 38.8. The first kappa shape index (κ1) is 44.8. The molecule has 10 nitrogen and oxygen atoms in total. The number of fused-ring (bicyclic) bond motifs is 4. The minimum absolute atomic E-state index is 0.157. The van der Waals surface area contributed by atoms with Gasteiger partial charge in [-0.3, -0.25) is 29.5 Å². The highest BCUT2D eigenvalue weighted by Crippen LogP contribution is 2.41. The van der Waals surface area contributed by atoms with E-state index in [1.807, 2.05) is 52.3 Å². The van der Waals surface area contributed by atoms with Gasteiger partial charge in [0.1, 0.15) is 0 Å². The molecule has 2 saturated heterocycles. The summed E-state index contributed by atoms with van der Waals surface area (Å²) in [5.41, 5.74) is 23.7. The number of nitrogens with zero attached hydrogens (tertiary/aromatic N) is 7. The van der Waals surface area contributed by atoms with E-state index in [2.05, 4.69) is 50.5 Å². The van der Waals surface area contributed by atoms with Gasteiger partial charge in [0.15, 0.2) is 0 Å². The van der Waals surface area contributed by atoms with Crippen LogP contribution in [-0.2, 0) is 48.1 Å². The van der Waals surface area contributed by atoms with Crippen LogP contribution in [-0.4, -0.2) is 72.9 Å². The molecule has 2 aliphatic carbocycles. The van der Waals surface area contributed by atoms with Crippen molar-refractivity contribution in [3.8, 4) is 0 Å². The van der Waals surface area contributed by atoms with Crippen LogP contribution in [0.5, 0.6) is 0 Å². The molecule has 4 aliphatic rings. The number of aliphatic imine (C=N–C) groups is 1. The van der Waals surface area contributed by atoms with Crippen molar-refractivity contribution in [2.24, 2.45) is 4.99 Å². The first-order chi connectivity index (χ1) is 32.2. The highest BCUT2D eigenvalue weighted by atomic mass is 35.5. The van der Waals surface area contributed by atoms with Crippen LogP contribution in [0, 0.1) is 0 Å². The van der Waals surface area contributed by atoms with E-state index < -0.39 is 0 Å². The number of hydrogen-bond donors (Lipinski definition) is 1. The molecular formula is C53H48Cl2N8O2S. The minimum Gasteiger partial charge on any atom is -0.397 e. The van der Waals surface area contributed by atoms with Crippen LogP contribution >= 0.6 is 35.4 Å². The smallest absolute Gasteiger partial charge is 0.227 e. The highest BCUT2D eigenvalue weighted by molar-refractivity contribution is 7.78. The molecule has 13 heteroatoms. The average Bonchev–Trinajstić information content (AvgIpc) is 3.59. The Labute approximate surface area is 400 Å². The van der Waals surface area contributed by atoms with E-state index in [0.29, 0.717) is 31.6 Å². The lowest BCUT2D eigenvalue weighted by molar-refractivity contribution is -0.131. The molecule has 2 aliphatic heterocycles. The second-order valence-corrected chi connectivity index (χ2v) is 18.1. The van der Waals surface area contributed by atoms with E-state index >= 15 is 0 Å². The molecule has 4 aromatic heterocycles. The number of aryl methyl sites for hydroxylation is 4. The van der Waals surface area contributed by atoms with E-state index in [0.717, 1.165) is 108 Å². The summed E-state index contributed by atoms with van der Waals surface area (Å²) in [5.74, 6) is 0.323. The Hall–Kier alpha value is -6.36. The van der Waals surface area contributed by atoms with Crippen molar-refractivity contribution in [1.29, 1.82) is 0 Å². The summed E-state index contributed by atoms with van der Waals surface area (Å²) >= 11 is 17.4. The van der Waals surface area contributed by atoms with Gasteiger partial charge >= 0.3 is 0 Å². The number of nitrogens with two attached hydrogens (primary N) is 1. The average molecular weight is 932 g/mol. The molecule has 0 radical (unpaired) electrons. The predicted octanol–water partition coefficient (Wildman–Crippen LogP) is 10.1. The van der Waals surface area contributed by atoms with Gasteiger partial charge in [0.25, 0.3) is 0 Å². The highest BCUT2D eigenvalue weighted by Gasteiger charge is 2.29. The zero-order valence-electron chi connectivity index (χ0n) is 36.5. The monoisotopic (exact) mass is 930 g/mol. The number of thiocarbonyl (C=S) groups is 1. The first-order valence-corrected chi connectivity index (χ1v) is 23.5. The van der Waals surface area contributed by atoms with Crippen LogP contribution in [0.25, 0.3) is 11.1 Å². The first-order valence-electron chi connectivity index (χ1n) is 22.4. The Bertz CT molecular complexity index is 2860. The number of amides is 2. The third kappa shape index (κ3) is 10.2. The summed E-state index contributed by atoms with van der Waals surface area (Å²) in [6.07, 6.45) is 18.1. The maximum absolute atomic E-state index is 12.9. The number of pyridine rings is 4. The predicted molar refractivity (Wildman–Crippen MR) is 265 cm³/mol. The minimum atomic E-state index is 0.157. The Morgan fingerprint density at radius 3 is 1.50 bits per heavy atom. The fourth-order valence-corrected chi connectivity index (χ4v) is 10.1. The SMILES string of the molecule is Nc1cnc2c(c1)CCc1cc(Cl)ccc1C2=C1CCN(C(=O)Cc2ccncc2)CC1.O=C(Cc1ccncc1)N1CCC(=C2c3ccc(Cl)cc3CCc3cc(N=C=S)cnc32)CC1. The van der Waals surface area contributed by atoms with E-state index in [1.54, 1.807) is 37.2 Å². The third-order valence-electron chi connectivity index (χ3n) is 12.9. The number of hydrogen-bond acceptors (Lipinski definition) is 9. The number of carbonyl (C=O) groups is 2. The summed E-state index contributed by atoms with van der Waals surface area (Å²) in [6.45, 7) is 2.84. The van der Waals surface area contributed by atoms with Crippen molar-refractivity contribution in [1.82, 2.24) is 29.7 Å². The van der Waals surface area contributed by atoms with E-state index in [1.165, 1.54) is 50.1 Å². The molecular weight excluding hydrogens is 884 g/mol. The third-order valence-corrected chi connectivity index (χ3v) is 13.5. The van der Waals surface area contributed by atoms with Crippen LogP contribution in [0.4, 0.5) is 11.4 Å². The fourth-order valence-electron chi connectivity index (χ4n) is 9.63. The lowest BCUT2D eigenvalue weighted by Crippen LogP contribution is -2.37. The Balaban J connectivity index is 0.000000166. The van der Waals surface area contributed by atoms with Crippen molar-refractivity contribution in [2.45, 2.75) is 64.2 Å². The number of anilines is 1. The molecule has 0 saturated carbocycles. The molecule has 2 amide bonds. The molecule has 0 spiro atoms. The Kier molecular flexibility index (Phi) is 13.9. The van der Waals surface area contributed by atoms with Gasteiger partial charge in [-0.05, 0) is 169 Å². The van der Waals surface area contributed by atoms with Gasteiger partial charge < -0.3 is 15.5 Å². The van der Waals surface area contributed by atoms with Gasteiger partial charge in [0.2, 0.25) is 11.8 Å². The summed E-state index contributed by atoms with van der Waals surface area (Å²) < 4.78 is 0. The number of halogens is 2. The molecule has 332 valence electrons. The molecule has 66 heavy (non-hydrogen) atoms. The molecule has 6 aromatic rings. The summed E-state index contributed by atoms with van der Waals surface area (Å²) in [4.78, 5) is 51.4. The number of isothiocyanates is 1. The molecule has 10 rings (SSSR count). The lowest BCUT2D eigenvalue weighted by Gasteiger charge is -2.30. The fraction of sp³-hybridized carbons (Fsp3) is 0.264. The molecule has 0 unspecified atom stereocenters. The number of nitrogen functional groups attached to an aromatic ring is 1. The number of aromatic nitrogens is 4. The van der Waals surface area contributed by atoms with E-state index in [4.69, 9.17) is 51.1 Å². The summed E-state index contributed by atoms with van der Waals surface area (Å²) in [7, 11) is 0. The van der Waals surface area contributed by atoms with Crippen molar-refractivity contribution < 1.29 is 9.59 Å². The molecule has 2 N–H and O–H groups in total. The van der Waals surface area contributed by atoms with E-state index in [-0.39, 0.29) is 11.8 Å². The standard InChI is InChI=1S/C27H23ClN4OS.C26H25ClN4O/c28-22-3-4-24-20(14-22)1-2-21-15-23(31-17-34)16-30-27(21)26(24)19-7-11-32(12-8-19)25(33)13-18-5-9-29-10-6-18;27-21-3-4-23-19(14-21)1-2-20-15-22(28)16-30-26(20)25(23)18-7-11-31(12-8-18)24(32)13-17-5-9-29-10-6-17/h3-6,9-10,14-16H,1-2,7-8,11-13H2;3-6,9-10,14-16H,1-2,7-8,11-13,28H2. The van der Waals surface area contributed by atoms with Crippen molar-refractivity contribution >= 4 is 74.9 Å². The van der Waals surface area contributed by atoms with Crippen molar-refractivity contribution in [2.75, 3.05) is 31.9 Å².